The molecule has 1 atom stereocenters. The van der Waals surface area contributed by atoms with Crippen LogP contribution in [-0.2, 0) is 25.6 Å². The van der Waals surface area contributed by atoms with E-state index in [1.165, 1.54) is 9.80 Å². The van der Waals surface area contributed by atoms with Crippen molar-refractivity contribution in [2.75, 3.05) is 49.3 Å². The zero-order chi connectivity index (χ0) is 29.9. The standard InChI is InChI=1S/C29H37N5O6S/c1-29(2,3)40-28(38)32(18-8-9-22(31-4)24(41)16-18)12-14-39-15-13-33-25(35)11-10-23(27(33)37)34-17-20-19(26(34)36)6-5-7-21(20)30/h5-9,16,23,31,41H,10-15,17,30H2,1-4H3. The fraction of sp³-hybridized carbons (Fsp3) is 0.448. The van der Waals surface area contributed by atoms with Crippen molar-refractivity contribution in [1.29, 1.82) is 0 Å². The van der Waals surface area contributed by atoms with Gasteiger partial charge in [-0.3, -0.25) is 24.2 Å². The second-order valence-electron chi connectivity index (χ2n) is 10.9. The van der Waals surface area contributed by atoms with Crippen molar-refractivity contribution in [2.45, 2.75) is 56.7 Å². The molecular weight excluding hydrogens is 546 g/mol. The summed E-state index contributed by atoms with van der Waals surface area (Å²) in [7, 11) is 1.78. The predicted molar refractivity (Wildman–Crippen MR) is 158 cm³/mol. The Labute approximate surface area is 245 Å². The zero-order valence-corrected chi connectivity index (χ0v) is 24.7. The summed E-state index contributed by atoms with van der Waals surface area (Å²) in [6.45, 7) is 6.02. The molecule has 0 saturated carbocycles. The molecule has 0 aliphatic carbocycles. The molecule has 2 heterocycles. The lowest BCUT2D eigenvalue weighted by molar-refractivity contribution is -0.153. The van der Waals surface area contributed by atoms with Gasteiger partial charge in [-0.25, -0.2) is 4.79 Å². The summed E-state index contributed by atoms with van der Waals surface area (Å²) in [6.07, 6.45) is -0.126. The first kappa shape index (κ1) is 30.2. The van der Waals surface area contributed by atoms with Crippen LogP contribution in [0.15, 0.2) is 41.3 Å². The van der Waals surface area contributed by atoms with E-state index in [-0.39, 0.29) is 57.5 Å². The molecule has 11 nitrogen and oxygen atoms in total. The second kappa shape index (κ2) is 12.4. The van der Waals surface area contributed by atoms with Gasteiger partial charge in [-0.2, -0.15) is 0 Å². The number of amides is 4. The van der Waals surface area contributed by atoms with Crippen LogP contribution >= 0.6 is 12.6 Å². The number of hydrogen-bond acceptors (Lipinski definition) is 9. The van der Waals surface area contributed by atoms with Gasteiger partial charge < -0.3 is 25.4 Å². The summed E-state index contributed by atoms with van der Waals surface area (Å²) in [5, 5.41) is 3.03. The van der Waals surface area contributed by atoms with E-state index in [0.29, 0.717) is 27.4 Å². The fourth-order valence-corrected chi connectivity index (χ4v) is 5.25. The molecule has 220 valence electrons. The number of hydrogen-bond donors (Lipinski definition) is 3. The minimum Gasteiger partial charge on any atom is -0.443 e. The third kappa shape index (κ3) is 6.76. The molecule has 1 saturated heterocycles. The van der Waals surface area contributed by atoms with Crippen LogP contribution in [-0.4, -0.2) is 78.6 Å². The largest absolute Gasteiger partial charge is 0.443 e. The number of ether oxygens (including phenoxy) is 2. The number of imide groups is 1. The number of carbonyl (C=O) groups excluding carboxylic acids is 4. The highest BCUT2D eigenvalue weighted by molar-refractivity contribution is 7.80. The number of thiol groups is 1. The van der Waals surface area contributed by atoms with Crippen molar-refractivity contribution in [3.8, 4) is 0 Å². The van der Waals surface area contributed by atoms with Crippen molar-refractivity contribution < 1.29 is 28.7 Å². The Morgan fingerprint density at radius 2 is 1.93 bits per heavy atom. The predicted octanol–water partition coefficient (Wildman–Crippen LogP) is 3.53. The summed E-state index contributed by atoms with van der Waals surface area (Å²) in [5.74, 6) is -0.990. The molecule has 0 bridgehead atoms. The quantitative estimate of drug-likeness (QED) is 0.177. The molecule has 1 fully saturated rings. The average Bonchev–Trinajstić information content (AvgIpc) is 3.24. The smallest absolute Gasteiger partial charge is 0.414 e. The van der Waals surface area contributed by atoms with Crippen molar-refractivity contribution >= 4 is 53.5 Å². The Kier molecular flexibility index (Phi) is 9.13. The Morgan fingerprint density at radius 3 is 2.59 bits per heavy atom. The van der Waals surface area contributed by atoms with Gasteiger partial charge in [-0.1, -0.05) is 6.07 Å². The number of carbonyl (C=O) groups is 4. The number of piperidine rings is 1. The minimum atomic E-state index is -0.745. The Hall–Kier alpha value is -3.77. The molecule has 2 aromatic rings. The number of nitrogen functional groups attached to an aromatic ring is 1. The van der Waals surface area contributed by atoms with Gasteiger partial charge >= 0.3 is 6.09 Å². The van der Waals surface area contributed by atoms with Crippen LogP contribution in [0.4, 0.5) is 21.9 Å². The van der Waals surface area contributed by atoms with Crippen LogP contribution < -0.4 is 16.0 Å². The van der Waals surface area contributed by atoms with Gasteiger partial charge in [0.1, 0.15) is 11.6 Å². The highest BCUT2D eigenvalue weighted by Crippen LogP contribution is 2.32. The van der Waals surface area contributed by atoms with E-state index in [0.717, 1.165) is 10.6 Å². The third-order valence-corrected chi connectivity index (χ3v) is 7.36. The molecule has 0 spiro atoms. The highest BCUT2D eigenvalue weighted by Gasteiger charge is 2.42. The topological polar surface area (TPSA) is 135 Å². The summed E-state index contributed by atoms with van der Waals surface area (Å²) >= 11 is 4.49. The summed E-state index contributed by atoms with van der Waals surface area (Å²) in [5.41, 5.74) is 8.46. The van der Waals surface area contributed by atoms with Crippen molar-refractivity contribution in [1.82, 2.24) is 9.80 Å². The van der Waals surface area contributed by atoms with E-state index in [1.54, 1.807) is 58.2 Å². The van der Waals surface area contributed by atoms with Gasteiger partial charge in [0.05, 0.1) is 26.3 Å². The summed E-state index contributed by atoms with van der Waals surface area (Å²) in [6, 6.07) is 9.75. The van der Waals surface area contributed by atoms with Gasteiger partial charge in [0, 0.05) is 53.1 Å². The van der Waals surface area contributed by atoms with Crippen LogP contribution in [0.3, 0.4) is 0 Å². The monoisotopic (exact) mass is 583 g/mol. The van der Waals surface area contributed by atoms with Gasteiger partial charge in [-0.05, 0) is 57.5 Å². The summed E-state index contributed by atoms with van der Waals surface area (Å²) in [4.78, 5) is 56.7. The van der Waals surface area contributed by atoms with E-state index < -0.39 is 23.6 Å². The van der Waals surface area contributed by atoms with Gasteiger partial charge in [0.15, 0.2) is 0 Å². The molecule has 0 aromatic heterocycles. The van der Waals surface area contributed by atoms with E-state index in [9.17, 15) is 19.2 Å². The maximum absolute atomic E-state index is 13.3. The van der Waals surface area contributed by atoms with Crippen molar-refractivity contribution in [3.05, 3.63) is 47.5 Å². The maximum Gasteiger partial charge on any atom is 0.414 e. The lowest BCUT2D eigenvalue weighted by Crippen LogP contribution is -2.55. The normalized spacial score (nSPS) is 17.1. The number of anilines is 3. The Bertz CT molecular complexity index is 1340. The second-order valence-corrected chi connectivity index (χ2v) is 11.4. The molecule has 2 aromatic carbocycles. The number of nitrogens with two attached hydrogens (primary N) is 1. The first-order valence-corrected chi connectivity index (χ1v) is 14.0. The molecule has 12 heteroatoms. The fourth-order valence-electron chi connectivity index (χ4n) is 4.93. The number of nitrogens with zero attached hydrogens (tertiary/aromatic N) is 3. The lowest BCUT2D eigenvalue weighted by atomic mass is 10.0. The Balaban J connectivity index is 1.35. The third-order valence-electron chi connectivity index (χ3n) is 6.99. The van der Waals surface area contributed by atoms with E-state index in [1.807, 2.05) is 6.07 Å². The number of benzene rings is 2. The SMILES string of the molecule is CNc1ccc(N(CCOCCN2C(=O)CCC(N3Cc4c(N)cccc4C3=O)C2=O)C(=O)OC(C)(C)C)cc1S. The maximum atomic E-state index is 13.3. The minimum absolute atomic E-state index is 0.0371. The zero-order valence-electron chi connectivity index (χ0n) is 23.8. The lowest BCUT2D eigenvalue weighted by Gasteiger charge is -2.35. The summed E-state index contributed by atoms with van der Waals surface area (Å²) < 4.78 is 11.3. The number of rotatable bonds is 9. The molecule has 3 N–H and O–H groups in total. The van der Waals surface area contributed by atoms with Crippen molar-refractivity contribution in [2.24, 2.45) is 0 Å². The molecule has 41 heavy (non-hydrogen) atoms. The average molecular weight is 584 g/mol. The van der Waals surface area contributed by atoms with Crippen LogP contribution in [0.1, 0.15) is 49.5 Å². The van der Waals surface area contributed by atoms with E-state index >= 15 is 0 Å². The van der Waals surface area contributed by atoms with Crippen molar-refractivity contribution in [3.63, 3.8) is 0 Å². The number of likely N-dealkylation sites (tertiary alicyclic amines) is 1. The van der Waals surface area contributed by atoms with Crippen LogP contribution in [0.25, 0.3) is 0 Å². The molecular formula is C29H37N5O6S. The van der Waals surface area contributed by atoms with Gasteiger partial charge in [0.25, 0.3) is 11.8 Å². The first-order valence-electron chi connectivity index (χ1n) is 13.5. The molecule has 0 radical (unpaired) electrons. The van der Waals surface area contributed by atoms with Crippen LogP contribution in [0.2, 0.25) is 0 Å². The first-order chi connectivity index (χ1) is 19.4. The van der Waals surface area contributed by atoms with Crippen LogP contribution in [0.5, 0.6) is 0 Å². The van der Waals surface area contributed by atoms with Gasteiger partial charge in [-0.15, -0.1) is 12.6 Å². The molecule has 2 aliphatic rings. The van der Waals surface area contributed by atoms with E-state index in [4.69, 9.17) is 15.2 Å². The molecule has 1 unspecified atom stereocenters. The molecule has 4 rings (SSSR count). The molecule has 4 amide bonds. The number of nitrogens with one attached hydrogen (secondary N) is 1. The number of fused-ring (bicyclic) bond motifs is 1. The Morgan fingerprint density at radius 1 is 1.17 bits per heavy atom. The van der Waals surface area contributed by atoms with Crippen LogP contribution in [0, 0.1) is 0 Å². The highest BCUT2D eigenvalue weighted by atomic mass is 32.1. The molecule has 2 aliphatic heterocycles. The van der Waals surface area contributed by atoms with E-state index in [2.05, 4.69) is 17.9 Å². The van der Waals surface area contributed by atoms with Gasteiger partial charge in [0.2, 0.25) is 5.91 Å².